The van der Waals surface area contributed by atoms with Crippen molar-refractivity contribution < 1.29 is 9.53 Å². The third-order valence-electron chi connectivity index (χ3n) is 3.73. The number of aromatic nitrogens is 1. The molecular weight excluding hydrogens is 240 g/mol. The molecule has 0 spiro atoms. The molecule has 1 atom stereocenters. The highest BCUT2D eigenvalue weighted by molar-refractivity contribution is 5.80. The van der Waals surface area contributed by atoms with Crippen LogP contribution in [0.5, 0.6) is 5.75 Å². The van der Waals surface area contributed by atoms with Gasteiger partial charge in [0.15, 0.2) is 0 Å². The molecule has 100 valence electrons. The number of pyridine rings is 1. The van der Waals surface area contributed by atoms with Crippen molar-refractivity contribution in [3.63, 3.8) is 0 Å². The topological polar surface area (TPSA) is 42.4 Å². The van der Waals surface area contributed by atoms with Gasteiger partial charge in [-0.2, -0.15) is 0 Å². The highest BCUT2D eigenvalue weighted by atomic mass is 16.5. The van der Waals surface area contributed by atoms with E-state index in [0.29, 0.717) is 19.0 Å². The lowest BCUT2D eigenvalue weighted by atomic mass is 9.92. The third-order valence-corrected chi connectivity index (χ3v) is 3.73. The summed E-state index contributed by atoms with van der Waals surface area (Å²) in [6, 6.07) is 3.69. The normalized spacial score (nSPS) is 22.9. The maximum absolute atomic E-state index is 12.2. The number of nitrogens with zero attached hydrogens (tertiary/aromatic N) is 2. The molecule has 0 saturated carbocycles. The molecule has 19 heavy (non-hydrogen) atoms. The van der Waals surface area contributed by atoms with E-state index in [1.165, 1.54) is 0 Å². The van der Waals surface area contributed by atoms with Gasteiger partial charge in [-0.3, -0.25) is 9.78 Å². The first kappa shape index (κ1) is 12.2. The molecule has 1 fully saturated rings. The van der Waals surface area contributed by atoms with Gasteiger partial charge in [-0.05, 0) is 31.4 Å². The van der Waals surface area contributed by atoms with Crippen molar-refractivity contribution in [2.24, 2.45) is 5.92 Å². The second kappa shape index (κ2) is 5.43. The fraction of sp³-hybridized carbons (Fsp3) is 0.467. The van der Waals surface area contributed by atoms with Crippen LogP contribution in [0.15, 0.2) is 36.7 Å². The van der Waals surface area contributed by atoms with E-state index in [-0.39, 0.29) is 12.0 Å². The van der Waals surface area contributed by atoms with Crippen LogP contribution >= 0.6 is 0 Å². The Morgan fingerprint density at radius 1 is 1.26 bits per heavy atom. The minimum Gasteiger partial charge on any atom is -0.487 e. The number of amides is 1. The SMILES string of the molecule is O=C(C1CC=CCC1)N1CC(Oc2ccncc2)C1. The Labute approximate surface area is 113 Å². The fourth-order valence-corrected chi connectivity index (χ4v) is 2.58. The molecule has 2 heterocycles. The lowest BCUT2D eigenvalue weighted by Gasteiger charge is -2.40. The number of ether oxygens (including phenoxy) is 1. The first-order valence-electron chi connectivity index (χ1n) is 6.83. The Morgan fingerprint density at radius 2 is 2.05 bits per heavy atom. The van der Waals surface area contributed by atoms with Gasteiger partial charge in [0.05, 0.1) is 13.1 Å². The van der Waals surface area contributed by atoms with Gasteiger partial charge in [0.25, 0.3) is 0 Å². The van der Waals surface area contributed by atoms with E-state index in [9.17, 15) is 4.79 Å². The van der Waals surface area contributed by atoms with Gasteiger partial charge in [0.2, 0.25) is 5.91 Å². The second-order valence-electron chi connectivity index (χ2n) is 5.15. The molecule has 0 bridgehead atoms. The lowest BCUT2D eigenvalue weighted by Crippen LogP contribution is -2.57. The summed E-state index contributed by atoms with van der Waals surface area (Å²) in [5.74, 6) is 1.30. The van der Waals surface area contributed by atoms with Crippen molar-refractivity contribution >= 4 is 5.91 Å². The smallest absolute Gasteiger partial charge is 0.226 e. The number of rotatable bonds is 3. The summed E-state index contributed by atoms with van der Waals surface area (Å²) in [4.78, 5) is 18.1. The minimum atomic E-state index is 0.130. The van der Waals surface area contributed by atoms with Crippen molar-refractivity contribution in [2.75, 3.05) is 13.1 Å². The Balaban J connectivity index is 1.47. The summed E-state index contributed by atoms with van der Waals surface area (Å²) in [6.07, 6.45) is 10.8. The van der Waals surface area contributed by atoms with Crippen LogP contribution in [0.4, 0.5) is 0 Å². The van der Waals surface area contributed by atoms with Crippen LogP contribution < -0.4 is 4.74 Å². The Hall–Kier alpha value is -1.84. The average Bonchev–Trinajstić information content (AvgIpc) is 2.44. The zero-order chi connectivity index (χ0) is 13.1. The monoisotopic (exact) mass is 258 g/mol. The van der Waals surface area contributed by atoms with Crippen LogP contribution in [-0.4, -0.2) is 35.0 Å². The van der Waals surface area contributed by atoms with Crippen molar-refractivity contribution in [3.8, 4) is 5.75 Å². The van der Waals surface area contributed by atoms with E-state index in [1.807, 2.05) is 17.0 Å². The summed E-state index contributed by atoms with van der Waals surface area (Å²) in [6.45, 7) is 1.42. The van der Waals surface area contributed by atoms with Gasteiger partial charge in [-0.1, -0.05) is 12.2 Å². The largest absolute Gasteiger partial charge is 0.487 e. The van der Waals surface area contributed by atoms with E-state index < -0.39 is 0 Å². The number of allylic oxidation sites excluding steroid dienone is 2. The van der Waals surface area contributed by atoms with Crippen LogP contribution in [-0.2, 0) is 4.79 Å². The van der Waals surface area contributed by atoms with E-state index in [0.717, 1.165) is 25.0 Å². The fourth-order valence-electron chi connectivity index (χ4n) is 2.58. The average molecular weight is 258 g/mol. The molecule has 3 rings (SSSR count). The molecule has 0 radical (unpaired) electrons. The Bertz CT molecular complexity index is 466. The second-order valence-corrected chi connectivity index (χ2v) is 5.15. The molecule has 1 amide bonds. The van der Waals surface area contributed by atoms with Crippen LogP contribution in [0, 0.1) is 5.92 Å². The van der Waals surface area contributed by atoms with Gasteiger partial charge >= 0.3 is 0 Å². The van der Waals surface area contributed by atoms with Crippen molar-refractivity contribution in [1.82, 2.24) is 9.88 Å². The number of carbonyl (C=O) groups excluding carboxylic acids is 1. The zero-order valence-corrected chi connectivity index (χ0v) is 10.9. The molecule has 4 nitrogen and oxygen atoms in total. The third kappa shape index (κ3) is 2.78. The number of likely N-dealkylation sites (tertiary alicyclic amines) is 1. The van der Waals surface area contributed by atoms with Gasteiger partial charge < -0.3 is 9.64 Å². The van der Waals surface area contributed by atoms with Crippen LogP contribution in [0.3, 0.4) is 0 Å². The summed E-state index contributed by atoms with van der Waals surface area (Å²) < 4.78 is 5.77. The lowest BCUT2D eigenvalue weighted by molar-refractivity contribution is -0.144. The quantitative estimate of drug-likeness (QED) is 0.779. The van der Waals surface area contributed by atoms with Crippen molar-refractivity contribution in [3.05, 3.63) is 36.7 Å². The molecule has 0 aromatic carbocycles. The Kier molecular flexibility index (Phi) is 3.49. The molecule has 1 unspecified atom stereocenters. The van der Waals surface area contributed by atoms with E-state index >= 15 is 0 Å². The summed E-state index contributed by atoms with van der Waals surface area (Å²) in [5, 5.41) is 0. The van der Waals surface area contributed by atoms with E-state index in [2.05, 4.69) is 17.1 Å². The van der Waals surface area contributed by atoms with E-state index in [1.54, 1.807) is 12.4 Å². The molecule has 2 aliphatic rings. The van der Waals surface area contributed by atoms with Gasteiger partial charge in [0.1, 0.15) is 11.9 Å². The van der Waals surface area contributed by atoms with Crippen molar-refractivity contribution in [2.45, 2.75) is 25.4 Å². The van der Waals surface area contributed by atoms with E-state index in [4.69, 9.17) is 4.74 Å². The predicted octanol–water partition coefficient (Wildman–Crippen LogP) is 2.03. The standard InChI is InChI=1S/C15H18N2O2/c18-15(12-4-2-1-3-5-12)17-10-14(11-17)19-13-6-8-16-9-7-13/h1-2,6-9,12,14H,3-5,10-11H2. The molecule has 0 N–H and O–H groups in total. The molecule has 1 aromatic heterocycles. The van der Waals surface area contributed by atoms with Crippen LogP contribution in [0.25, 0.3) is 0 Å². The number of hydrogen-bond donors (Lipinski definition) is 0. The van der Waals surface area contributed by atoms with Gasteiger partial charge in [-0.25, -0.2) is 0 Å². The zero-order valence-electron chi connectivity index (χ0n) is 10.9. The molecule has 4 heteroatoms. The Morgan fingerprint density at radius 3 is 2.74 bits per heavy atom. The maximum Gasteiger partial charge on any atom is 0.226 e. The first-order valence-corrected chi connectivity index (χ1v) is 6.83. The first-order chi connectivity index (χ1) is 9.33. The van der Waals surface area contributed by atoms with Crippen molar-refractivity contribution in [1.29, 1.82) is 0 Å². The summed E-state index contributed by atoms with van der Waals surface area (Å²) in [5.41, 5.74) is 0. The molecule has 1 aliphatic carbocycles. The highest BCUT2D eigenvalue weighted by Gasteiger charge is 2.35. The highest BCUT2D eigenvalue weighted by Crippen LogP contribution is 2.24. The number of hydrogen-bond acceptors (Lipinski definition) is 3. The molecular formula is C15H18N2O2. The molecule has 1 saturated heterocycles. The minimum absolute atomic E-state index is 0.130. The summed E-state index contributed by atoms with van der Waals surface area (Å²) in [7, 11) is 0. The van der Waals surface area contributed by atoms with Crippen LogP contribution in [0.1, 0.15) is 19.3 Å². The predicted molar refractivity (Wildman–Crippen MR) is 71.7 cm³/mol. The molecule has 1 aliphatic heterocycles. The number of carbonyl (C=O) groups is 1. The van der Waals surface area contributed by atoms with Gasteiger partial charge in [0, 0.05) is 18.3 Å². The van der Waals surface area contributed by atoms with Gasteiger partial charge in [-0.15, -0.1) is 0 Å². The maximum atomic E-state index is 12.2. The summed E-state index contributed by atoms with van der Waals surface area (Å²) >= 11 is 0. The molecule has 1 aromatic rings. The van der Waals surface area contributed by atoms with Crippen LogP contribution in [0.2, 0.25) is 0 Å².